The zero-order chi connectivity index (χ0) is 12.3. The van der Waals surface area contributed by atoms with E-state index >= 15 is 0 Å². The summed E-state index contributed by atoms with van der Waals surface area (Å²) in [6.07, 6.45) is 4.25. The summed E-state index contributed by atoms with van der Waals surface area (Å²) in [5.41, 5.74) is 0.728. The van der Waals surface area contributed by atoms with Gasteiger partial charge in [0, 0.05) is 10.9 Å². The second-order valence-electron chi connectivity index (χ2n) is 4.39. The van der Waals surface area contributed by atoms with Crippen molar-refractivity contribution in [3.05, 3.63) is 22.7 Å². The van der Waals surface area contributed by atoms with Crippen molar-refractivity contribution in [2.75, 3.05) is 12.4 Å². The van der Waals surface area contributed by atoms with Gasteiger partial charge in [0.25, 0.3) is 0 Å². The Kier molecular flexibility index (Phi) is 4.05. The number of rotatable bonds is 4. The average molecular weight is 298 g/mol. The molecule has 0 saturated heterocycles. The largest absolute Gasteiger partial charge is 0.495 e. The quantitative estimate of drug-likeness (QED) is 0.922. The molecule has 0 heterocycles. The summed E-state index contributed by atoms with van der Waals surface area (Å²) in [6.45, 7) is 0. The number of hydrogen-bond donors (Lipinski definition) is 1. The molecule has 2 rings (SSSR count). The molecule has 1 aromatic rings. The molecule has 0 radical (unpaired) electrons. The van der Waals surface area contributed by atoms with E-state index < -0.39 is 0 Å². The highest BCUT2D eigenvalue weighted by atomic mass is 79.9. The molecule has 1 N–H and O–H groups in total. The third kappa shape index (κ3) is 3.22. The van der Waals surface area contributed by atoms with Gasteiger partial charge in [0.15, 0.2) is 0 Å². The Hall–Kier alpha value is -1.03. The highest BCUT2D eigenvalue weighted by Gasteiger charge is 2.21. The lowest BCUT2D eigenvalue weighted by atomic mass is 9.83. The van der Waals surface area contributed by atoms with Crippen LogP contribution in [0.2, 0.25) is 0 Å². The summed E-state index contributed by atoms with van der Waals surface area (Å²) in [5, 5.41) is 2.91. The van der Waals surface area contributed by atoms with Crippen molar-refractivity contribution < 1.29 is 9.53 Å². The number of anilines is 1. The SMILES string of the molecule is COc1ccc(Br)cc1NC(=O)CC1CCC1. The molecule has 92 valence electrons. The number of hydrogen-bond acceptors (Lipinski definition) is 2. The van der Waals surface area contributed by atoms with Crippen LogP contribution in [0.4, 0.5) is 5.69 Å². The van der Waals surface area contributed by atoms with Crippen molar-refractivity contribution in [2.45, 2.75) is 25.7 Å². The fourth-order valence-corrected chi connectivity index (χ4v) is 2.30. The number of ether oxygens (including phenoxy) is 1. The number of benzene rings is 1. The van der Waals surface area contributed by atoms with E-state index in [4.69, 9.17) is 4.74 Å². The Morgan fingerprint density at radius 1 is 1.53 bits per heavy atom. The van der Waals surface area contributed by atoms with Gasteiger partial charge in [-0.15, -0.1) is 0 Å². The molecule has 1 fully saturated rings. The molecule has 1 amide bonds. The third-order valence-electron chi connectivity index (χ3n) is 3.13. The van der Waals surface area contributed by atoms with E-state index in [0.717, 1.165) is 10.2 Å². The van der Waals surface area contributed by atoms with Gasteiger partial charge in [-0.05, 0) is 37.0 Å². The van der Waals surface area contributed by atoms with Crippen molar-refractivity contribution in [1.29, 1.82) is 0 Å². The maximum Gasteiger partial charge on any atom is 0.224 e. The molecule has 0 bridgehead atoms. The zero-order valence-electron chi connectivity index (χ0n) is 9.83. The van der Waals surface area contributed by atoms with E-state index in [1.165, 1.54) is 19.3 Å². The second kappa shape index (κ2) is 5.54. The molecule has 0 atom stereocenters. The van der Waals surface area contributed by atoms with Crippen molar-refractivity contribution in [1.82, 2.24) is 0 Å². The summed E-state index contributed by atoms with van der Waals surface area (Å²) in [7, 11) is 1.60. The number of carbonyl (C=O) groups is 1. The maximum atomic E-state index is 11.8. The van der Waals surface area contributed by atoms with E-state index in [-0.39, 0.29) is 5.91 Å². The molecule has 17 heavy (non-hydrogen) atoms. The molecule has 3 nitrogen and oxygen atoms in total. The molecule has 1 aliphatic carbocycles. The van der Waals surface area contributed by atoms with Crippen molar-refractivity contribution in [3.8, 4) is 5.75 Å². The minimum absolute atomic E-state index is 0.0751. The molecule has 0 aromatic heterocycles. The number of carbonyl (C=O) groups excluding carboxylic acids is 1. The first-order valence-electron chi connectivity index (χ1n) is 5.82. The maximum absolute atomic E-state index is 11.8. The van der Waals surface area contributed by atoms with E-state index in [1.54, 1.807) is 7.11 Å². The van der Waals surface area contributed by atoms with E-state index in [0.29, 0.717) is 18.1 Å². The first-order chi connectivity index (χ1) is 8.19. The molecule has 0 unspecified atom stereocenters. The van der Waals surface area contributed by atoms with Crippen LogP contribution in [0.15, 0.2) is 22.7 Å². The van der Waals surface area contributed by atoms with Gasteiger partial charge in [0.1, 0.15) is 5.75 Å². The van der Waals surface area contributed by atoms with Crippen LogP contribution in [0.5, 0.6) is 5.75 Å². The monoisotopic (exact) mass is 297 g/mol. The van der Waals surface area contributed by atoms with Crippen LogP contribution in [0, 0.1) is 5.92 Å². The van der Waals surface area contributed by atoms with Gasteiger partial charge in [-0.1, -0.05) is 22.4 Å². The Morgan fingerprint density at radius 3 is 2.88 bits per heavy atom. The van der Waals surface area contributed by atoms with Gasteiger partial charge in [-0.25, -0.2) is 0 Å². The molecule has 0 spiro atoms. The minimum atomic E-state index is 0.0751. The lowest BCUT2D eigenvalue weighted by Gasteiger charge is -2.24. The number of methoxy groups -OCH3 is 1. The summed E-state index contributed by atoms with van der Waals surface area (Å²) in [6, 6.07) is 5.58. The van der Waals surface area contributed by atoms with Crippen LogP contribution in [0.25, 0.3) is 0 Å². The molecule has 1 aliphatic rings. The average Bonchev–Trinajstić information content (AvgIpc) is 2.24. The first-order valence-corrected chi connectivity index (χ1v) is 6.61. The second-order valence-corrected chi connectivity index (χ2v) is 5.31. The molecule has 4 heteroatoms. The lowest BCUT2D eigenvalue weighted by molar-refractivity contribution is -0.117. The van der Waals surface area contributed by atoms with Crippen molar-refractivity contribution in [2.24, 2.45) is 5.92 Å². The Bertz CT molecular complexity index is 416. The smallest absolute Gasteiger partial charge is 0.224 e. The zero-order valence-corrected chi connectivity index (χ0v) is 11.4. The summed E-state index contributed by atoms with van der Waals surface area (Å²) >= 11 is 3.38. The van der Waals surface area contributed by atoms with Gasteiger partial charge < -0.3 is 10.1 Å². The highest BCUT2D eigenvalue weighted by Crippen LogP contribution is 2.31. The first kappa shape index (κ1) is 12.4. The van der Waals surface area contributed by atoms with Crippen LogP contribution in [-0.4, -0.2) is 13.0 Å². The standard InChI is InChI=1S/C13H16BrNO2/c1-17-12-6-5-10(14)8-11(12)15-13(16)7-9-3-2-4-9/h5-6,8-9H,2-4,7H2,1H3,(H,15,16). The number of nitrogens with one attached hydrogen (secondary N) is 1. The molecular formula is C13H16BrNO2. The molecule has 1 aromatic carbocycles. The van der Waals surface area contributed by atoms with E-state index in [9.17, 15) is 4.79 Å². The lowest BCUT2D eigenvalue weighted by Crippen LogP contribution is -2.21. The molecule has 1 saturated carbocycles. The summed E-state index contributed by atoms with van der Waals surface area (Å²) < 4.78 is 6.14. The summed E-state index contributed by atoms with van der Waals surface area (Å²) in [4.78, 5) is 11.8. The molecule has 0 aliphatic heterocycles. The Balaban J connectivity index is 2.00. The van der Waals surface area contributed by atoms with Crippen LogP contribution in [0.1, 0.15) is 25.7 Å². The number of amides is 1. The summed E-state index contributed by atoms with van der Waals surface area (Å²) in [5.74, 6) is 1.34. The van der Waals surface area contributed by atoms with Gasteiger partial charge in [0.2, 0.25) is 5.91 Å². The number of halogens is 1. The van der Waals surface area contributed by atoms with Gasteiger partial charge in [-0.2, -0.15) is 0 Å². The van der Waals surface area contributed by atoms with E-state index in [1.807, 2.05) is 18.2 Å². The van der Waals surface area contributed by atoms with Gasteiger partial charge in [0.05, 0.1) is 12.8 Å². The van der Waals surface area contributed by atoms with Crippen LogP contribution in [0.3, 0.4) is 0 Å². The predicted octanol–water partition coefficient (Wildman–Crippen LogP) is 3.59. The fraction of sp³-hybridized carbons (Fsp3) is 0.462. The van der Waals surface area contributed by atoms with Crippen LogP contribution < -0.4 is 10.1 Å². The van der Waals surface area contributed by atoms with Crippen LogP contribution >= 0.6 is 15.9 Å². The Morgan fingerprint density at radius 2 is 2.29 bits per heavy atom. The van der Waals surface area contributed by atoms with E-state index in [2.05, 4.69) is 21.2 Å². The van der Waals surface area contributed by atoms with Gasteiger partial charge in [-0.3, -0.25) is 4.79 Å². The highest BCUT2D eigenvalue weighted by molar-refractivity contribution is 9.10. The van der Waals surface area contributed by atoms with Gasteiger partial charge >= 0.3 is 0 Å². The van der Waals surface area contributed by atoms with Crippen LogP contribution in [-0.2, 0) is 4.79 Å². The van der Waals surface area contributed by atoms with Crippen molar-refractivity contribution in [3.63, 3.8) is 0 Å². The topological polar surface area (TPSA) is 38.3 Å². The normalized spacial score (nSPS) is 15.2. The fourth-order valence-electron chi connectivity index (χ4n) is 1.94. The Labute approximate surface area is 110 Å². The van der Waals surface area contributed by atoms with Crippen molar-refractivity contribution >= 4 is 27.5 Å². The molecular weight excluding hydrogens is 282 g/mol. The predicted molar refractivity (Wildman–Crippen MR) is 71.3 cm³/mol. The minimum Gasteiger partial charge on any atom is -0.495 e. The third-order valence-corrected chi connectivity index (χ3v) is 3.63.